The average Bonchev–Trinajstić information content (AvgIpc) is 2.68. The summed E-state index contributed by atoms with van der Waals surface area (Å²) in [7, 11) is -3.43. The van der Waals surface area contributed by atoms with Gasteiger partial charge >= 0.3 is 0 Å². The summed E-state index contributed by atoms with van der Waals surface area (Å²) in [5.74, 6) is 1.43. The molecule has 0 amide bonds. The van der Waals surface area contributed by atoms with Crippen molar-refractivity contribution in [3.05, 3.63) is 47.8 Å². The van der Waals surface area contributed by atoms with Crippen LogP contribution in [0.25, 0.3) is 0 Å². The molecule has 1 aromatic rings. The van der Waals surface area contributed by atoms with Gasteiger partial charge in [-0.1, -0.05) is 49.6 Å². The molecular weight excluding hydrogens is 391 g/mol. The maximum absolute atomic E-state index is 13.1. The van der Waals surface area contributed by atoms with E-state index in [-0.39, 0.29) is 12.7 Å². The van der Waals surface area contributed by atoms with Gasteiger partial charge in [0, 0.05) is 0 Å². The summed E-state index contributed by atoms with van der Waals surface area (Å²) in [6.45, 7) is 2.83. The molecule has 0 saturated carbocycles. The van der Waals surface area contributed by atoms with E-state index in [9.17, 15) is 15.1 Å². The highest BCUT2D eigenvalue weighted by molar-refractivity contribution is 7.62. The van der Waals surface area contributed by atoms with Gasteiger partial charge in [0.25, 0.3) is 7.94 Å². The molecule has 0 aliphatic carbocycles. The van der Waals surface area contributed by atoms with E-state index >= 15 is 0 Å². The van der Waals surface area contributed by atoms with Crippen molar-refractivity contribution in [1.29, 1.82) is 0 Å². The van der Waals surface area contributed by atoms with Crippen molar-refractivity contribution < 1.29 is 28.9 Å². The van der Waals surface area contributed by atoms with E-state index in [0.29, 0.717) is 38.9 Å². The molecule has 0 radical (unpaired) electrons. The molecule has 0 spiro atoms. The average molecular weight is 426 g/mol. The van der Waals surface area contributed by atoms with Crippen molar-refractivity contribution in [2.75, 3.05) is 13.2 Å². The molecule has 7 heteroatoms. The second kappa shape index (κ2) is 13.5. The van der Waals surface area contributed by atoms with Gasteiger partial charge in [0.2, 0.25) is 0 Å². The van der Waals surface area contributed by atoms with Crippen molar-refractivity contribution in [2.24, 2.45) is 0 Å². The van der Waals surface area contributed by atoms with Crippen LogP contribution in [0, 0.1) is 0 Å². The fourth-order valence-electron chi connectivity index (χ4n) is 3.35. The Hall–Kier alpha value is -0.850. The molecule has 1 aliphatic heterocycles. The van der Waals surface area contributed by atoms with Crippen molar-refractivity contribution in [1.82, 2.24) is 0 Å². The molecule has 1 heterocycles. The molecule has 1 unspecified atom stereocenters. The molecule has 2 rings (SSSR count). The van der Waals surface area contributed by atoms with E-state index in [1.807, 2.05) is 30.3 Å². The third-order valence-corrected chi connectivity index (χ3v) is 6.61. The van der Waals surface area contributed by atoms with Crippen LogP contribution in [0.5, 0.6) is 0 Å². The van der Waals surface area contributed by atoms with Crippen molar-refractivity contribution in [3.8, 4) is 0 Å². The number of ether oxygens (including phenoxy) is 1. The minimum Gasteiger partial charge on any atom is -0.628 e. The van der Waals surface area contributed by atoms with Crippen LogP contribution >= 0.6 is 7.94 Å². The number of rotatable bonds is 6. The van der Waals surface area contributed by atoms with Crippen LogP contribution < -0.4 is 4.89 Å². The zero-order valence-corrected chi connectivity index (χ0v) is 18.2. The van der Waals surface area contributed by atoms with E-state index in [2.05, 4.69) is 0 Å². The number of aliphatic hydroxyl groups is 2. The summed E-state index contributed by atoms with van der Waals surface area (Å²) in [4.78, 5) is 13.1. The third kappa shape index (κ3) is 10.1. The highest BCUT2D eigenvalue weighted by atomic mass is 31.2. The highest BCUT2D eigenvalue weighted by Gasteiger charge is 2.31. The molecule has 6 nitrogen and oxygen atoms in total. The fraction of sp³-hybridized carbons (Fsp3) is 0.636. The summed E-state index contributed by atoms with van der Waals surface area (Å²) in [5, 5.41) is 20.1. The first-order valence-electron chi connectivity index (χ1n) is 10.6. The first-order valence-corrected chi connectivity index (χ1v) is 12.2. The van der Waals surface area contributed by atoms with Crippen molar-refractivity contribution in [2.45, 2.75) is 76.8 Å². The Morgan fingerprint density at radius 3 is 2.62 bits per heavy atom. The van der Waals surface area contributed by atoms with E-state index < -0.39 is 20.2 Å². The normalized spacial score (nSPS) is 31.1. The lowest BCUT2D eigenvalue weighted by Crippen LogP contribution is -2.25. The Morgan fingerprint density at radius 2 is 1.86 bits per heavy atom. The van der Waals surface area contributed by atoms with Crippen LogP contribution in [0.15, 0.2) is 42.2 Å². The van der Waals surface area contributed by atoms with E-state index in [4.69, 9.17) is 13.8 Å². The van der Waals surface area contributed by atoms with E-state index in [0.717, 1.165) is 24.8 Å². The van der Waals surface area contributed by atoms with Gasteiger partial charge in [-0.2, -0.15) is 0 Å². The van der Waals surface area contributed by atoms with Gasteiger partial charge in [0.1, 0.15) is 11.9 Å². The lowest BCUT2D eigenvalue weighted by atomic mass is 10.0. The largest absolute Gasteiger partial charge is 0.628 e. The fourth-order valence-corrected chi connectivity index (χ4v) is 4.89. The second-order valence-corrected chi connectivity index (χ2v) is 9.33. The maximum Gasteiger partial charge on any atom is 0.264 e. The van der Waals surface area contributed by atoms with Gasteiger partial charge < -0.3 is 19.8 Å². The van der Waals surface area contributed by atoms with Crippen LogP contribution in [-0.4, -0.2) is 41.7 Å². The second-order valence-electron chi connectivity index (χ2n) is 7.49. The number of aliphatic hydroxyl groups excluding tert-OH is 2. The monoisotopic (exact) mass is 426 g/mol. The van der Waals surface area contributed by atoms with Crippen LogP contribution in [0.1, 0.15) is 57.4 Å². The van der Waals surface area contributed by atoms with Gasteiger partial charge in [0.05, 0.1) is 32.0 Å². The molecule has 1 aliphatic rings. The maximum atomic E-state index is 13.1. The Bertz CT molecular complexity index is 584. The summed E-state index contributed by atoms with van der Waals surface area (Å²) in [6, 6.07) is 9.89. The lowest BCUT2D eigenvalue weighted by molar-refractivity contribution is -0.220. The van der Waals surface area contributed by atoms with E-state index in [1.54, 1.807) is 13.0 Å². The van der Waals surface area contributed by atoms with Gasteiger partial charge in [0.15, 0.2) is 0 Å². The number of hydrogen-bond donors (Lipinski definition) is 2. The molecule has 164 valence electrons. The molecule has 0 bridgehead atoms. The van der Waals surface area contributed by atoms with Crippen LogP contribution in [0.2, 0.25) is 0 Å². The quantitative estimate of drug-likeness (QED) is 0.674. The summed E-state index contributed by atoms with van der Waals surface area (Å²) in [6.07, 6.45) is 4.78. The first-order chi connectivity index (χ1) is 14.0. The Kier molecular flexibility index (Phi) is 11.3. The predicted molar refractivity (Wildman–Crippen MR) is 113 cm³/mol. The van der Waals surface area contributed by atoms with E-state index in [1.165, 1.54) is 5.82 Å². The SMILES string of the molecule is CCO[P+]1([O-])/C=C\C[C@H](O)C[C@@H](O)CCCCC[C@H](COCc2ccccc2)O1. The zero-order chi connectivity index (χ0) is 21.0. The van der Waals surface area contributed by atoms with Crippen molar-refractivity contribution in [3.63, 3.8) is 0 Å². The van der Waals surface area contributed by atoms with Crippen LogP contribution in [-0.2, 0) is 20.4 Å². The number of hydrogen-bond acceptors (Lipinski definition) is 6. The molecule has 1 aromatic carbocycles. The summed E-state index contributed by atoms with van der Waals surface area (Å²) < 4.78 is 17.2. The molecule has 0 aromatic heterocycles. The predicted octanol–water partition coefficient (Wildman–Crippen LogP) is 3.73. The molecular formula is C22H35O6P. The molecule has 4 atom stereocenters. The zero-order valence-electron chi connectivity index (χ0n) is 17.3. The lowest BCUT2D eigenvalue weighted by Gasteiger charge is -2.28. The molecule has 0 saturated heterocycles. The first kappa shape index (κ1) is 24.4. The molecule has 2 N–H and O–H groups in total. The van der Waals surface area contributed by atoms with Crippen LogP contribution in [0.3, 0.4) is 0 Å². The Morgan fingerprint density at radius 1 is 1.10 bits per heavy atom. The smallest absolute Gasteiger partial charge is 0.264 e. The summed E-state index contributed by atoms with van der Waals surface area (Å²) >= 11 is 0. The third-order valence-electron chi connectivity index (χ3n) is 4.82. The summed E-state index contributed by atoms with van der Waals surface area (Å²) in [5.41, 5.74) is 1.07. The van der Waals surface area contributed by atoms with Crippen LogP contribution in [0.4, 0.5) is 0 Å². The van der Waals surface area contributed by atoms with Gasteiger partial charge in [-0.05, 0) is 44.2 Å². The molecule has 0 fully saturated rings. The van der Waals surface area contributed by atoms with Gasteiger partial charge in [-0.15, -0.1) is 0 Å². The Balaban J connectivity index is 2.01. The highest BCUT2D eigenvalue weighted by Crippen LogP contribution is 2.55. The van der Waals surface area contributed by atoms with Gasteiger partial charge in [-0.25, -0.2) is 9.05 Å². The Labute approximate surface area is 175 Å². The van der Waals surface area contributed by atoms with Gasteiger partial charge in [-0.3, -0.25) is 0 Å². The van der Waals surface area contributed by atoms with Crippen molar-refractivity contribution >= 4 is 7.94 Å². The minimum atomic E-state index is -3.43. The minimum absolute atomic E-state index is 0.264. The number of benzene rings is 1. The molecule has 29 heavy (non-hydrogen) atoms. The standard InChI is InChI=1S/C22H35O6P/c1-2-27-29(25)15-9-13-21(24)16-20(23)12-7-4-8-14-22(28-29)18-26-17-19-10-5-3-6-11-19/h3,5-6,9-11,15,20-24H,2,4,7-8,12-14,16-18H2,1H3/b15-9-/t20-,21-,22+,29?/m0/s1. The topological polar surface area (TPSA) is 91.2 Å².